The van der Waals surface area contributed by atoms with E-state index in [0.29, 0.717) is 0 Å². The van der Waals surface area contributed by atoms with Crippen molar-refractivity contribution in [2.75, 3.05) is 0 Å². The molecule has 339 valence electrons. The molecule has 0 aliphatic heterocycles. The monoisotopic (exact) mass is 1060 g/mol. The first-order valence-electron chi connectivity index (χ1n) is 23.5. The van der Waals surface area contributed by atoms with Crippen LogP contribution in [0.15, 0.2) is 114 Å². The Kier molecular flexibility index (Phi) is 13.8. The van der Waals surface area contributed by atoms with E-state index in [1.54, 1.807) is 10.8 Å². The van der Waals surface area contributed by atoms with Crippen molar-refractivity contribution in [1.82, 2.24) is 24.5 Å². The second kappa shape index (κ2) is 19.4. The van der Waals surface area contributed by atoms with Crippen molar-refractivity contribution in [2.24, 2.45) is 5.92 Å². The molecule has 1 fully saturated rings. The van der Waals surface area contributed by atoms with Crippen LogP contribution in [0.2, 0.25) is 19.6 Å². The van der Waals surface area contributed by atoms with Crippen LogP contribution >= 0.6 is 0 Å². The van der Waals surface area contributed by atoms with E-state index < -0.39 is 8.07 Å². The van der Waals surface area contributed by atoms with Gasteiger partial charge in [0.1, 0.15) is 5.58 Å². The molecular formula is C58H61IrN5OSi-2. The van der Waals surface area contributed by atoms with E-state index in [1.165, 1.54) is 60.0 Å². The number of rotatable bonds is 9. The van der Waals surface area contributed by atoms with Crippen molar-refractivity contribution in [3.63, 3.8) is 0 Å². The maximum absolute atomic E-state index is 6.64. The molecule has 0 N–H and O–H groups in total. The number of hydrogen-bond donors (Lipinski definition) is 0. The molecule has 0 spiro atoms. The van der Waals surface area contributed by atoms with Gasteiger partial charge in [-0.05, 0) is 94.9 Å². The Morgan fingerprint density at radius 2 is 1.48 bits per heavy atom. The molecule has 0 bridgehead atoms. The predicted octanol–water partition coefficient (Wildman–Crippen LogP) is 14.8. The largest absolute Gasteiger partial charge is 0.499 e. The van der Waals surface area contributed by atoms with Crippen LogP contribution in [0, 0.1) is 38.8 Å². The normalized spacial score (nSPS) is 13.2. The van der Waals surface area contributed by atoms with E-state index >= 15 is 0 Å². The minimum absolute atomic E-state index is 0. The van der Waals surface area contributed by atoms with E-state index in [4.69, 9.17) is 14.4 Å². The number of benzene rings is 4. The fourth-order valence-electron chi connectivity index (χ4n) is 9.96. The van der Waals surface area contributed by atoms with Crippen LogP contribution in [0.5, 0.6) is 0 Å². The van der Waals surface area contributed by atoms with Gasteiger partial charge in [-0.15, -0.1) is 53.6 Å². The molecule has 0 amide bonds. The molecule has 1 radical (unpaired) electrons. The minimum atomic E-state index is -1.35. The summed E-state index contributed by atoms with van der Waals surface area (Å²) in [4.78, 5) is 19.1. The molecular weight excluding hydrogens is 1000 g/mol. The molecule has 5 heterocycles. The first-order valence-corrected chi connectivity index (χ1v) is 27.0. The summed E-state index contributed by atoms with van der Waals surface area (Å²) >= 11 is 0. The minimum Gasteiger partial charge on any atom is -0.499 e. The van der Waals surface area contributed by atoms with E-state index in [2.05, 4.69) is 161 Å². The van der Waals surface area contributed by atoms with Gasteiger partial charge in [0.2, 0.25) is 0 Å². The number of imidazole rings is 1. The number of pyridine rings is 3. The summed E-state index contributed by atoms with van der Waals surface area (Å²) in [7, 11) is -1.35. The molecule has 0 unspecified atom stereocenters. The zero-order valence-electron chi connectivity index (χ0n) is 40.1. The van der Waals surface area contributed by atoms with Gasteiger partial charge in [0.05, 0.1) is 42.4 Å². The number of aryl methyl sites for hydroxylation is 3. The summed E-state index contributed by atoms with van der Waals surface area (Å²) in [6, 6.07) is 36.9. The van der Waals surface area contributed by atoms with Crippen LogP contribution in [0.25, 0.3) is 72.4 Å². The standard InChI is InChI=1S/C38H35N4O.C20H26NSi.Ir/c1-21(2)30-17-27(26-11-9-8-10-12-26)18-31(22(3)4)35(30)42-34-24(6)19-39-20-32(34)41-38(42)29-14-13-23(5)33-28-15-16-40-25(7)36(28)43-37(29)33;1-22(2,3)20-15-21-19(17-11-5-4-6-12-17)14-18(20)13-16-9-7-8-10-16;/h8-13,15-22H,1-7H3;4-6,11,14-16H,7-10,13H2,1-3H3;/q2*-1;. The van der Waals surface area contributed by atoms with Crippen molar-refractivity contribution in [3.05, 3.63) is 155 Å². The van der Waals surface area contributed by atoms with E-state index in [0.717, 1.165) is 78.4 Å². The summed E-state index contributed by atoms with van der Waals surface area (Å²) in [5.74, 6) is 2.22. The van der Waals surface area contributed by atoms with Crippen LogP contribution in [-0.4, -0.2) is 32.6 Å². The van der Waals surface area contributed by atoms with Gasteiger partial charge in [0, 0.05) is 49.8 Å². The summed E-state index contributed by atoms with van der Waals surface area (Å²) in [6.07, 6.45) is 14.7. The number of aromatic nitrogens is 5. The third-order valence-corrected chi connectivity index (χ3v) is 15.4. The Labute approximate surface area is 405 Å². The van der Waals surface area contributed by atoms with E-state index in [9.17, 15) is 0 Å². The Morgan fingerprint density at radius 3 is 2.15 bits per heavy atom. The molecule has 0 atom stereocenters. The van der Waals surface area contributed by atoms with E-state index in [1.807, 2.05) is 43.7 Å². The van der Waals surface area contributed by atoms with Crippen LogP contribution in [0.3, 0.4) is 0 Å². The van der Waals surface area contributed by atoms with Crippen molar-refractivity contribution in [1.29, 1.82) is 0 Å². The van der Waals surface area contributed by atoms with Gasteiger partial charge in [-0.1, -0.05) is 133 Å². The quantitative estimate of drug-likeness (QED) is 0.106. The Bertz CT molecular complexity index is 3130. The van der Waals surface area contributed by atoms with Gasteiger partial charge >= 0.3 is 0 Å². The van der Waals surface area contributed by atoms with Gasteiger partial charge in [0.25, 0.3) is 0 Å². The van der Waals surface area contributed by atoms with Gasteiger partial charge in [-0.2, -0.15) is 0 Å². The number of furan rings is 1. The average Bonchev–Trinajstić information content (AvgIpc) is 4.06. The molecule has 1 saturated carbocycles. The van der Waals surface area contributed by atoms with Gasteiger partial charge in [-0.25, -0.2) is 0 Å². The fourth-order valence-corrected chi connectivity index (χ4v) is 11.5. The van der Waals surface area contributed by atoms with Crippen molar-refractivity contribution in [3.8, 4) is 39.5 Å². The molecule has 1 aliphatic carbocycles. The summed E-state index contributed by atoms with van der Waals surface area (Å²) < 4.78 is 8.99. The molecule has 8 heteroatoms. The summed E-state index contributed by atoms with van der Waals surface area (Å²) in [5.41, 5.74) is 17.3. The molecule has 6 nitrogen and oxygen atoms in total. The van der Waals surface area contributed by atoms with Gasteiger partial charge in [0.15, 0.2) is 0 Å². The Balaban J connectivity index is 0.000000217. The molecule has 4 aromatic carbocycles. The first-order chi connectivity index (χ1) is 31.3. The molecule has 66 heavy (non-hydrogen) atoms. The second-order valence-corrected chi connectivity index (χ2v) is 24.8. The summed E-state index contributed by atoms with van der Waals surface area (Å²) in [5, 5.41) is 3.68. The molecule has 5 aromatic heterocycles. The topological polar surface area (TPSA) is 69.6 Å². The van der Waals surface area contributed by atoms with Crippen molar-refractivity contribution >= 4 is 46.2 Å². The van der Waals surface area contributed by atoms with Crippen molar-refractivity contribution in [2.45, 2.75) is 112 Å². The molecule has 9 aromatic rings. The second-order valence-electron chi connectivity index (χ2n) is 19.8. The van der Waals surface area contributed by atoms with Gasteiger partial charge in [-0.3, -0.25) is 15.0 Å². The number of fused-ring (bicyclic) bond motifs is 4. The summed E-state index contributed by atoms with van der Waals surface area (Å²) in [6.45, 7) is 22.6. The van der Waals surface area contributed by atoms with E-state index in [-0.39, 0.29) is 31.9 Å². The number of nitrogens with zero attached hydrogens (tertiary/aromatic N) is 5. The third kappa shape index (κ3) is 9.12. The van der Waals surface area contributed by atoms with Gasteiger partial charge < -0.3 is 14.0 Å². The average molecular weight is 1060 g/mol. The third-order valence-electron chi connectivity index (χ3n) is 13.3. The van der Waals surface area contributed by atoms with Crippen LogP contribution in [-0.2, 0) is 26.5 Å². The zero-order chi connectivity index (χ0) is 45.6. The van der Waals surface area contributed by atoms with Crippen molar-refractivity contribution < 1.29 is 24.5 Å². The molecule has 0 saturated heterocycles. The van der Waals surface area contributed by atoms with Crippen LogP contribution < -0.4 is 5.19 Å². The van der Waals surface area contributed by atoms with Crippen LogP contribution in [0.1, 0.15) is 98.7 Å². The zero-order valence-corrected chi connectivity index (χ0v) is 43.5. The first kappa shape index (κ1) is 47.0. The fraction of sp³-hybridized carbons (Fsp3) is 0.310. The Morgan fingerprint density at radius 1 is 0.773 bits per heavy atom. The Hall–Kier alpha value is -5.53. The SMILES string of the molecule is C[Si](C)(C)c1cnc(-c2[c-]cccc2)cc1CC1CCCC1.Cc1nccc2c1oc1c(-c3nc4cncc(C)c4n3-c3c(C(C)C)cc(-c4ccccc4)cc3C(C)C)[c-]cc(C)c12.[Ir]. The van der Waals surface area contributed by atoms with Crippen LogP contribution in [0.4, 0.5) is 0 Å². The molecule has 1 aliphatic rings. The smallest absolute Gasteiger partial charge is 0.142 e. The number of hydrogen-bond acceptors (Lipinski definition) is 5. The maximum Gasteiger partial charge on any atom is 0.142 e. The maximum atomic E-state index is 6.64. The predicted molar refractivity (Wildman–Crippen MR) is 273 cm³/mol. The molecule has 10 rings (SSSR count).